The van der Waals surface area contributed by atoms with E-state index in [1.165, 1.54) is 25.1 Å². The summed E-state index contributed by atoms with van der Waals surface area (Å²) in [6.45, 7) is 0.150. The highest BCUT2D eigenvalue weighted by Crippen LogP contribution is 2.29. The fraction of sp³-hybridized carbons (Fsp3) is 0.385. The Labute approximate surface area is 120 Å². The van der Waals surface area contributed by atoms with Gasteiger partial charge >= 0.3 is 6.61 Å². The average molecular weight is 301 g/mol. The predicted molar refractivity (Wildman–Crippen MR) is 73.5 cm³/mol. The number of carbonyl (C=O) groups is 1. The molecule has 0 aromatic heterocycles. The molecule has 8 heteroatoms. The van der Waals surface area contributed by atoms with Crippen molar-refractivity contribution in [3.8, 4) is 5.75 Å². The molecule has 0 fully saturated rings. The molecule has 1 aromatic carbocycles. The lowest BCUT2D eigenvalue weighted by Crippen LogP contribution is -2.44. The Morgan fingerprint density at radius 2 is 2.14 bits per heavy atom. The van der Waals surface area contributed by atoms with Gasteiger partial charge in [0, 0.05) is 0 Å². The summed E-state index contributed by atoms with van der Waals surface area (Å²) in [7, 11) is 0. The molecule has 0 saturated heterocycles. The number of rotatable bonds is 6. The third-order valence-electron chi connectivity index (χ3n) is 3.23. The molecule has 0 spiro atoms. The Hall–Kier alpha value is -2.38. The van der Waals surface area contributed by atoms with Gasteiger partial charge in [-0.2, -0.15) is 8.78 Å². The fourth-order valence-corrected chi connectivity index (χ4v) is 1.60. The molecular formula is C13H17F2N3O3. The lowest BCUT2D eigenvalue weighted by atomic mass is 9.85. The number of alkyl halides is 2. The summed E-state index contributed by atoms with van der Waals surface area (Å²) >= 11 is 0. The molecule has 1 unspecified atom stereocenters. The molecule has 0 heterocycles. The molecule has 1 amide bonds. The van der Waals surface area contributed by atoms with Gasteiger partial charge in [-0.25, -0.2) is 0 Å². The van der Waals surface area contributed by atoms with Crippen LogP contribution in [0.2, 0.25) is 0 Å². The first-order valence-electron chi connectivity index (χ1n) is 6.18. The average Bonchev–Trinajstić information content (AvgIpc) is 2.46. The van der Waals surface area contributed by atoms with Gasteiger partial charge in [0.2, 0.25) is 5.91 Å². The van der Waals surface area contributed by atoms with Crippen molar-refractivity contribution in [1.29, 1.82) is 0 Å². The van der Waals surface area contributed by atoms with E-state index >= 15 is 0 Å². The van der Waals surface area contributed by atoms with Crippen molar-refractivity contribution in [3.63, 3.8) is 0 Å². The van der Waals surface area contributed by atoms with Crippen LogP contribution in [0, 0.1) is 5.41 Å². The molecule has 1 atom stereocenters. The maximum atomic E-state index is 12.3. The van der Waals surface area contributed by atoms with E-state index in [4.69, 9.17) is 10.9 Å². The second-order valence-electron chi connectivity index (χ2n) is 4.50. The van der Waals surface area contributed by atoms with Crippen LogP contribution in [0.5, 0.6) is 5.75 Å². The largest absolute Gasteiger partial charge is 0.433 e. The number of carbonyl (C=O) groups excluding carboxylic acids is 1. The first-order valence-corrected chi connectivity index (χ1v) is 6.18. The lowest BCUT2D eigenvalue weighted by Gasteiger charge is -2.25. The number of ether oxygens (including phenoxy) is 1. The van der Waals surface area contributed by atoms with Crippen molar-refractivity contribution in [3.05, 3.63) is 24.3 Å². The summed E-state index contributed by atoms with van der Waals surface area (Å²) in [6, 6.07) is 5.77. The monoisotopic (exact) mass is 301 g/mol. The third-order valence-corrected chi connectivity index (χ3v) is 3.23. The molecule has 0 radical (unpaired) electrons. The molecule has 0 aliphatic heterocycles. The molecule has 0 aliphatic carbocycles. The van der Waals surface area contributed by atoms with Crippen molar-refractivity contribution in [2.75, 3.05) is 5.32 Å². The molecule has 0 saturated carbocycles. The number of amidine groups is 1. The normalized spacial score (nSPS) is 14.6. The number of halogens is 2. The van der Waals surface area contributed by atoms with E-state index in [-0.39, 0.29) is 23.7 Å². The van der Waals surface area contributed by atoms with E-state index in [2.05, 4.69) is 15.2 Å². The fourth-order valence-electron chi connectivity index (χ4n) is 1.60. The van der Waals surface area contributed by atoms with Gasteiger partial charge in [-0.05, 0) is 25.5 Å². The van der Waals surface area contributed by atoms with Crippen LogP contribution in [-0.2, 0) is 4.79 Å². The SMILES string of the molecule is CCC(C)(C(=O)Nc1ccccc1OC(F)F)/C(N)=N/O. The minimum Gasteiger partial charge on any atom is -0.433 e. The van der Waals surface area contributed by atoms with Gasteiger partial charge in [0.15, 0.2) is 5.84 Å². The number of oxime groups is 1. The maximum absolute atomic E-state index is 12.3. The topological polar surface area (TPSA) is 96.9 Å². The van der Waals surface area contributed by atoms with Gasteiger partial charge in [-0.1, -0.05) is 24.2 Å². The smallest absolute Gasteiger partial charge is 0.387 e. The maximum Gasteiger partial charge on any atom is 0.387 e. The molecule has 4 N–H and O–H groups in total. The standard InChI is InChI=1S/C13H17F2N3O3/c1-3-13(2,10(16)18-20)11(19)17-8-6-4-5-7-9(8)21-12(14)15/h4-7,12,20H,3H2,1-2H3,(H2,16,18)(H,17,19). The number of nitrogens with two attached hydrogens (primary N) is 1. The molecule has 1 rings (SSSR count). The van der Waals surface area contributed by atoms with Crippen molar-refractivity contribution >= 4 is 17.4 Å². The number of amides is 1. The van der Waals surface area contributed by atoms with E-state index in [9.17, 15) is 13.6 Å². The van der Waals surface area contributed by atoms with Crippen LogP contribution in [0.3, 0.4) is 0 Å². The molecule has 0 aliphatic rings. The molecular weight excluding hydrogens is 284 g/mol. The number of hydrogen-bond donors (Lipinski definition) is 3. The number of benzene rings is 1. The second-order valence-corrected chi connectivity index (χ2v) is 4.50. The number of hydrogen-bond acceptors (Lipinski definition) is 4. The van der Waals surface area contributed by atoms with Gasteiger partial charge in [-0.15, -0.1) is 0 Å². The summed E-state index contributed by atoms with van der Waals surface area (Å²) in [5.41, 5.74) is 4.33. The van der Waals surface area contributed by atoms with Gasteiger partial charge in [0.25, 0.3) is 0 Å². The molecule has 0 bridgehead atoms. The minimum atomic E-state index is -3.01. The zero-order valence-electron chi connectivity index (χ0n) is 11.6. The Bertz CT molecular complexity index is 537. The zero-order chi connectivity index (χ0) is 16.0. The van der Waals surface area contributed by atoms with Crippen LogP contribution in [0.1, 0.15) is 20.3 Å². The summed E-state index contributed by atoms with van der Waals surface area (Å²) < 4.78 is 28.9. The molecule has 116 valence electrons. The zero-order valence-corrected chi connectivity index (χ0v) is 11.6. The van der Waals surface area contributed by atoms with Crippen molar-refractivity contribution < 1.29 is 23.5 Å². The molecule has 6 nitrogen and oxygen atoms in total. The van der Waals surface area contributed by atoms with Gasteiger partial charge in [0.05, 0.1) is 5.69 Å². The quantitative estimate of drug-likeness (QED) is 0.325. The third kappa shape index (κ3) is 3.80. The summed E-state index contributed by atoms with van der Waals surface area (Å²) in [5.74, 6) is -1.03. The van der Waals surface area contributed by atoms with Gasteiger partial charge in [0.1, 0.15) is 11.2 Å². The molecule has 1 aromatic rings. The van der Waals surface area contributed by atoms with Crippen LogP contribution in [-0.4, -0.2) is 23.6 Å². The van der Waals surface area contributed by atoms with Gasteiger partial charge < -0.3 is 21.0 Å². The van der Waals surface area contributed by atoms with Crippen LogP contribution in [0.4, 0.5) is 14.5 Å². The van der Waals surface area contributed by atoms with E-state index in [0.29, 0.717) is 0 Å². The predicted octanol–water partition coefficient (Wildman–Crippen LogP) is 2.39. The van der Waals surface area contributed by atoms with Crippen LogP contribution < -0.4 is 15.8 Å². The van der Waals surface area contributed by atoms with E-state index in [0.717, 1.165) is 0 Å². The number of nitrogens with one attached hydrogen (secondary N) is 1. The Morgan fingerprint density at radius 3 is 2.67 bits per heavy atom. The van der Waals surface area contributed by atoms with Crippen LogP contribution >= 0.6 is 0 Å². The highest BCUT2D eigenvalue weighted by molar-refractivity contribution is 6.11. The number of anilines is 1. The Balaban J connectivity index is 3.03. The highest BCUT2D eigenvalue weighted by atomic mass is 19.3. The summed E-state index contributed by atoms with van der Waals surface area (Å²) in [6.07, 6.45) is 0.257. The second kappa shape index (κ2) is 6.87. The van der Waals surface area contributed by atoms with Crippen molar-refractivity contribution in [2.24, 2.45) is 16.3 Å². The first kappa shape index (κ1) is 16.7. The molecule has 21 heavy (non-hydrogen) atoms. The summed E-state index contributed by atoms with van der Waals surface area (Å²) in [4.78, 5) is 12.3. The van der Waals surface area contributed by atoms with Crippen LogP contribution in [0.25, 0.3) is 0 Å². The van der Waals surface area contributed by atoms with Crippen molar-refractivity contribution in [1.82, 2.24) is 0 Å². The van der Waals surface area contributed by atoms with Crippen molar-refractivity contribution in [2.45, 2.75) is 26.9 Å². The lowest BCUT2D eigenvalue weighted by molar-refractivity contribution is -0.122. The summed E-state index contributed by atoms with van der Waals surface area (Å²) in [5, 5.41) is 14.0. The minimum absolute atomic E-state index is 0.0771. The Kier molecular flexibility index (Phi) is 5.45. The van der Waals surface area contributed by atoms with E-state index in [1.54, 1.807) is 13.0 Å². The Morgan fingerprint density at radius 1 is 1.52 bits per heavy atom. The van der Waals surface area contributed by atoms with E-state index in [1.807, 2.05) is 0 Å². The highest BCUT2D eigenvalue weighted by Gasteiger charge is 2.36. The van der Waals surface area contributed by atoms with E-state index < -0.39 is 17.9 Å². The first-order chi connectivity index (χ1) is 9.85. The number of nitrogens with zero attached hydrogens (tertiary/aromatic N) is 1. The van der Waals surface area contributed by atoms with Crippen LogP contribution in [0.15, 0.2) is 29.4 Å². The number of para-hydroxylation sites is 2. The van der Waals surface area contributed by atoms with Gasteiger partial charge in [-0.3, -0.25) is 4.79 Å².